The molecule has 24 heavy (non-hydrogen) atoms. The Kier molecular flexibility index (Phi) is 4.61. The van der Waals surface area contributed by atoms with Crippen LogP contribution in [0.1, 0.15) is 21.7 Å². The van der Waals surface area contributed by atoms with Gasteiger partial charge in [0.15, 0.2) is 5.82 Å². The molecule has 6 nitrogen and oxygen atoms in total. The van der Waals surface area contributed by atoms with E-state index in [0.717, 1.165) is 10.0 Å². The van der Waals surface area contributed by atoms with Crippen molar-refractivity contribution in [2.45, 2.75) is 13.5 Å². The van der Waals surface area contributed by atoms with E-state index in [1.54, 1.807) is 13.0 Å². The van der Waals surface area contributed by atoms with Gasteiger partial charge in [-0.1, -0.05) is 33.2 Å². The molecule has 0 spiro atoms. The average Bonchev–Trinajstić information content (AvgIpc) is 2.96. The zero-order chi connectivity index (χ0) is 17.1. The number of hydrogen-bond acceptors (Lipinski definition) is 4. The lowest BCUT2D eigenvalue weighted by Crippen LogP contribution is -2.22. The van der Waals surface area contributed by atoms with Crippen molar-refractivity contribution in [3.8, 4) is 0 Å². The Labute approximate surface area is 146 Å². The van der Waals surface area contributed by atoms with Gasteiger partial charge in [-0.05, 0) is 30.7 Å². The molecule has 2 aromatic heterocycles. The van der Waals surface area contributed by atoms with Crippen LogP contribution in [0.4, 0.5) is 5.82 Å². The molecule has 122 valence electrons. The maximum atomic E-state index is 12.3. The highest BCUT2D eigenvalue weighted by Gasteiger charge is 2.10. The molecular formula is C17H14BrN3O3. The molecule has 1 aromatic carbocycles. The molecule has 0 aliphatic carbocycles. The number of rotatable bonds is 4. The minimum absolute atomic E-state index is 0.174. The SMILES string of the molecule is Cc1cc(NC(=O)c2ccc(=O)n(Cc3ccc(Br)cc3)c2)no1. The second-order valence-electron chi connectivity index (χ2n) is 5.29. The summed E-state index contributed by atoms with van der Waals surface area (Å²) in [5.74, 6) is 0.585. The van der Waals surface area contributed by atoms with E-state index in [1.165, 1.54) is 22.9 Å². The molecule has 3 rings (SSSR count). The van der Waals surface area contributed by atoms with E-state index in [2.05, 4.69) is 26.4 Å². The number of anilines is 1. The van der Waals surface area contributed by atoms with Gasteiger partial charge < -0.3 is 14.4 Å². The van der Waals surface area contributed by atoms with Crippen LogP contribution in [0.3, 0.4) is 0 Å². The zero-order valence-corrected chi connectivity index (χ0v) is 14.4. The summed E-state index contributed by atoms with van der Waals surface area (Å²) in [6.07, 6.45) is 1.53. The molecule has 7 heteroatoms. The van der Waals surface area contributed by atoms with Crippen LogP contribution in [-0.2, 0) is 6.54 Å². The third-order valence-corrected chi connectivity index (χ3v) is 3.91. The van der Waals surface area contributed by atoms with Gasteiger partial charge in [0, 0.05) is 22.8 Å². The minimum Gasteiger partial charge on any atom is -0.360 e. The Hall–Kier alpha value is -2.67. The summed E-state index contributed by atoms with van der Waals surface area (Å²) in [6.45, 7) is 2.12. The van der Waals surface area contributed by atoms with Crippen molar-refractivity contribution < 1.29 is 9.32 Å². The van der Waals surface area contributed by atoms with E-state index in [9.17, 15) is 9.59 Å². The van der Waals surface area contributed by atoms with Crippen LogP contribution in [0.2, 0.25) is 0 Å². The van der Waals surface area contributed by atoms with E-state index < -0.39 is 0 Å². The van der Waals surface area contributed by atoms with Gasteiger partial charge in [0.1, 0.15) is 5.76 Å². The maximum absolute atomic E-state index is 12.3. The van der Waals surface area contributed by atoms with Crippen LogP contribution in [0, 0.1) is 6.92 Å². The Morgan fingerprint density at radius 1 is 1.25 bits per heavy atom. The van der Waals surface area contributed by atoms with Crippen LogP contribution in [-0.4, -0.2) is 15.6 Å². The minimum atomic E-state index is -0.354. The first-order valence-electron chi connectivity index (χ1n) is 7.21. The topological polar surface area (TPSA) is 77.1 Å². The number of aromatic nitrogens is 2. The Bertz CT molecular complexity index is 929. The summed E-state index contributed by atoms with van der Waals surface area (Å²) in [6, 6.07) is 12.1. The average molecular weight is 388 g/mol. The number of halogens is 1. The molecule has 0 fully saturated rings. The molecule has 0 aliphatic heterocycles. The van der Waals surface area contributed by atoms with Crippen LogP contribution in [0.15, 0.2) is 62.5 Å². The highest BCUT2D eigenvalue weighted by Crippen LogP contribution is 2.12. The quantitative estimate of drug-likeness (QED) is 0.745. The van der Waals surface area contributed by atoms with Crippen LogP contribution >= 0.6 is 15.9 Å². The lowest BCUT2D eigenvalue weighted by molar-refractivity contribution is 0.102. The van der Waals surface area contributed by atoms with Crippen molar-refractivity contribution in [3.63, 3.8) is 0 Å². The van der Waals surface area contributed by atoms with Gasteiger partial charge in [0.2, 0.25) is 0 Å². The van der Waals surface area contributed by atoms with Gasteiger partial charge in [-0.2, -0.15) is 0 Å². The van der Waals surface area contributed by atoms with Crippen LogP contribution in [0.25, 0.3) is 0 Å². The molecule has 0 saturated heterocycles. The van der Waals surface area contributed by atoms with Gasteiger partial charge in [0.05, 0.1) is 12.1 Å². The van der Waals surface area contributed by atoms with Crippen LogP contribution < -0.4 is 10.9 Å². The normalized spacial score (nSPS) is 10.6. The predicted octanol–water partition coefficient (Wildman–Crippen LogP) is 3.21. The molecule has 0 bridgehead atoms. The summed E-state index contributed by atoms with van der Waals surface area (Å²) >= 11 is 3.37. The monoisotopic (exact) mass is 387 g/mol. The second-order valence-corrected chi connectivity index (χ2v) is 6.20. The molecular weight excluding hydrogens is 374 g/mol. The Balaban J connectivity index is 1.81. The molecule has 0 unspecified atom stereocenters. The van der Waals surface area contributed by atoms with E-state index in [4.69, 9.17) is 4.52 Å². The zero-order valence-electron chi connectivity index (χ0n) is 12.8. The molecule has 0 atom stereocenters. The van der Waals surface area contributed by atoms with E-state index in [1.807, 2.05) is 24.3 Å². The molecule has 1 amide bonds. The Morgan fingerprint density at radius 3 is 2.67 bits per heavy atom. The van der Waals surface area contributed by atoms with Crippen molar-refractivity contribution in [1.82, 2.24) is 9.72 Å². The smallest absolute Gasteiger partial charge is 0.258 e. The molecule has 2 heterocycles. The molecule has 0 aliphatic rings. The molecule has 3 aromatic rings. The van der Waals surface area contributed by atoms with Gasteiger partial charge in [-0.15, -0.1) is 0 Å². The van der Waals surface area contributed by atoms with Crippen molar-refractivity contribution in [2.24, 2.45) is 0 Å². The lowest BCUT2D eigenvalue weighted by atomic mass is 10.2. The first kappa shape index (κ1) is 16.2. The van der Waals surface area contributed by atoms with Crippen molar-refractivity contribution in [3.05, 3.63) is 80.4 Å². The first-order valence-corrected chi connectivity index (χ1v) is 8.00. The fraction of sp³-hybridized carbons (Fsp3) is 0.118. The number of carbonyl (C=O) groups is 1. The van der Waals surface area contributed by atoms with Gasteiger partial charge in [-0.3, -0.25) is 9.59 Å². The molecule has 0 saturated carbocycles. The third-order valence-electron chi connectivity index (χ3n) is 3.38. The van der Waals surface area contributed by atoms with Crippen LogP contribution in [0.5, 0.6) is 0 Å². The third kappa shape index (κ3) is 3.80. The highest BCUT2D eigenvalue weighted by molar-refractivity contribution is 9.10. The number of carbonyl (C=O) groups excluding carboxylic acids is 1. The second kappa shape index (κ2) is 6.84. The summed E-state index contributed by atoms with van der Waals surface area (Å²) in [7, 11) is 0. The number of benzene rings is 1. The van der Waals surface area contributed by atoms with Gasteiger partial charge in [0.25, 0.3) is 11.5 Å². The highest BCUT2D eigenvalue weighted by atomic mass is 79.9. The standard InChI is InChI=1S/C17H14BrN3O3/c1-11-8-15(20-24-11)19-17(23)13-4-7-16(22)21(10-13)9-12-2-5-14(18)6-3-12/h2-8,10H,9H2,1H3,(H,19,20,23). The number of nitrogens with zero attached hydrogens (tertiary/aromatic N) is 2. The number of aryl methyl sites for hydroxylation is 1. The number of amides is 1. The molecule has 1 N–H and O–H groups in total. The molecule has 0 radical (unpaired) electrons. The van der Waals surface area contributed by atoms with Crippen molar-refractivity contribution >= 4 is 27.7 Å². The predicted molar refractivity (Wildman–Crippen MR) is 93.1 cm³/mol. The number of hydrogen-bond donors (Lipinski definition) is 1. The van der Waals surface area contributed by atoms with Crippen molar-refractivity contribution in [1.29, 1.82) is 0 Å². The van der Waals surface area contributed by atoms with Gasteiger partial charge >= 0.3 is 0 Å². The summed E-state index contributed by atoms with van der Waals surface area (Å²) < 4.78 is 7.37. The number of pyridine rings is 1. The van der Waals surface area contributed by atoms with E-state index >= 15 is 0 Å². The number of nitrogens with one attached hydrogen (secondary N) is 1. The lowest BCUT2D eigenvalue weighted by Gasteiger charge is -2.08. The summed E-state index contributed by atoms with van der Waals surface area (Å²) in [5, 5.41) is 6.35. The summed E-state index contributed by atoms with van der Waals surface area (Å²) in [5.41, 5.74) is 1.16. The summed E-state index contributed by atoms with van der Waals surface area (Å²) in [4.78, 5) is 24.3. The fourth-order valence-corrected chi connectivity index (χ4v) is 2.45. The van der Waals surface area contributed by atoms with Gasteiger partial charge in [-0.25, -0.2) is 0 Å². The van der Waals surface area contributed by atoms with Crippen molar-refractivity contribution in [2.75, 3.05) is 5.32 Å². The van der Waals surface area contributed by atoms with E-state index in [-0.39, 0.29) is 11.5 Å². The largest absolute Gasteiger partial charge is 0.360 e. The first-order chi connectivity index (χ1) is 11.5. The fourth-order valence-electron chi connectivity index (χ4n) is 2.19. The maximum Gasteiger partial charge on any atom is 0.258 e. The van der Waals surface area contributed by atoms with E-state index in [0.29, 0.717) is 23.7 Å². The Morgan fingerprint density at radius 2 is 2.00 bits per heavy atom.